The van der Waals surface area contributed by atoms with Crippen LogP contribution in [0.1, 0.15) is 36.0 Å². The number of carbonyl (C=O) groups excluding carboxylic acids is 1. The molecule has 2 heterocycles. The van der Waals surface area contributed by atoms with E-state index in [1.165, 1.54) is 16.4 Å². The van der Waals surface area contributed by atoms with Crippen molar-refractivity contribution in [3.05, 3.63) is 62.5 Å². The molecule has 0 radical (unpaired) electrons. The van der Waals surface area contributed by atoms with E-state index < -0.39 is 11.4 Å². The number of para-hydroxylation sites is 1. The average Bonchev–Trinajstić information content (AvgIpc) is 3.06. The van der Waals surface area contributed by atoms with Gasteiger partial charge < -0.3 is 4.74 Å². The van der Waals surface area contributed by atoms with E-state index in [1.807, 2.05) is 26.8 Å². The lowest BCUT2D eigenvalue weighted by Gasteiger charge is -2.43. The summed E-state index contributed by atoms with van der Waals surface area (Å²) >= 11 is 5.52. The summed E-state index contributed by atoms with van der Waals surface area (Å²) in [5.41, 5.74) is 1.60. The maximum atomic E-state index is 15.0. The number of fused-ring (bicyclic) bond motifs is 3. The van der Waals surface area contributed by atoms with Crippen molar-refractivity contribution in [2.24, 2.45) is 0 Å². The third kappa shape index (κ3) is 2.89. The predicted octanol–water partition coefficient (Wildman–Crippen LogP) is 6.64. The van der Waals surface area contributed by atoms with Gasteiger partial charge in [-0.3, -0.25) is 9.69 Å². The zero-order valence-electron chi connectivity index (χ0n) is 15.6. The van der Waals surface area contributed by atoms with Gasteiger partial charge in [0.15, 0.2) is 0 Å². The third-order valence-electron chi connectivity index (χ3n) is 4.84. The molecule has 3 aromatic rings. The molecular formula is C21H18FNO2S3. The van der Waals surface area contributed by atoms with Crippen LogP contribution in [0, 0.1) is 9.64 Å². The molecule has 0 saturated carbocycles. The lowest BCUT2D eigenvalue weighted by Crippen LogP contribution is -2.48. The molecule has 4 rings (SSSR count). The molecule has 28 heavy (non-hydrogen) atoms. The minimum absolute atomic E-state index is 0.255. The molecule has 1 aromatic heterocycles. The third-order valence-corrected chi connectivity index (χ3v) is 8.17. The van der Waals surface area contributed by atoms with Gasteiger partial charge in [0.05, 0.1) is 22.7 Å². The molecule has 0 N–H and O–H groups in total. The van der Waals surface area contributed by atoms with Crippen LogP contribution in [-0.2, 0) is 5.54 Å². The van der Waals surface area contributed by atoms with E-state index in [0.717, 1.165) is 14.3 Å². The van der Waals surface area contributed by atoms with Crippen LogP contribution >= 0.6 is 32.9 Å². The summed E-state index contributed by atoms with van der Waals surface area (Å²) in [6.45, 7) is 6.33. The Hall–Kier alpha value is -2.09. The normalized spacial score (nSPS) is 14.4. The van der Waals surface area contributed by atoms with Gasteiger partial charge in [-0.2, -0.15) is 0 Å². The monoisotopic (exact) mass is 431 g/mol. The number of hydrogen-bond donors (Lipinski definition) is 0. The number of nitrogens with zero attached hydrogens (tertiary/aromatic N) is 1. The quantitative estimate of drug-likeness (QED) is 0.344. The van der Waals surface area contributed by atoms with Crippen LogP contribution in [0.4, 0.5) is 10.1 Å². The van der Waals surface area contributed by atoms with Crippen LogP contribution in [0.5, 0.6) is 5.75 Å². The predicted molar refractivity (Wildman–Crippen MR) is 116 cm³/mol. The molecule has 0 fully saturated rings. The van der Waals surface area contributed by atoms with E-state index in [0.29, 0.717) is 23.5 Å². The number of rotatable bonds is 3. The molecule has 7 heteroatoms. The van der Waals surface area contributed by atoms with E-state index >= 15 is 0 Å². The molecule has 3 nitrogen and oxygen atoms in total. The van der Waals surface area contributed by atoms with Crippen molar-refractivity contribution in [1.29, 1.82) is 0 Å². The Balaban J connectivity index is 1.89. The first kappa shape index (κ1) is 19.2. The van der Waals surface area contributed by atoms with Crippen molar-refractivity contribution in [3.63, 3.8) is 0 Å². The number of anilines is 1. The first-order valence-electron chi connectivity index (χ1n) is 8.86. The number of halogens is 1. The lowest BCUT2D eigenvalue weighted by atomic mass is 9.86. The maximum Gasteiger partial charge on any atom is 0.259 e. The van der Waals surface area contributed by atoms with Gasteiger partial charge in [0.2, 0.25) is 0 Å². The van der Waals surface area contributed by atoms with Crippen molar-refractivity contribution in [3.8, 4) is 16.9 Å². The highest BCUT2D eigenvalue weighted by molar-refractivity contribution is 7.80. The van der Waals surface area contributed by atoms with Crippen LogP contribution in [-0.4, -0.2) is 12.5 Å². The number of carbonyl (C=O) groups is 1. The highest BCUT2D eigenvalue weighted by atomic mass is 32.9. The summed E-state index contributed by atoms with van der Waals surface area (Å²) in [4.78, 5) is 16.1. The molecule has 0 atom stereocenters. The fourth-order valence-corrected chi connectivity index (χ4v) is 6.85. The largest absolute Gasteiger partial charge is 0.494 e. The van der Waals surface area contributed by atoms with E-state index in [9.17, 15) is 9.18 Å². The first-order valence-corrected chi connectivity index (χ1v) is 11.4. The van der Waals surface area contributed by atoms with Gasteiger partial charge in [-0.25, -0.2) is 4.39 Å². The van der Waals surface area contributed by atoms with Crippen LogP contribution in [0.3, 0.4) is 0 Å². The highest BCUT2D eigenvalue weighted by Gasteiger charge is 2.44. The Morgan fingerprint density at radius 2 is 1.89 bits per heavy atom. The van der Waals surface area contributed by atoms with Crippen molar-refractivity contribution >= 4 is 44.5 Å². The van der Waals surface area contributed by atoms with Crippen LogP contribution < -0.4 is 9.64 Å². The summed E-state index contributed by atoms with van der Waals surface area (Å²) in [6, 6.07) is 11.8. The summed E-state index contributed by atoms with van der Waals surface area (Å²) in [5, 5.41) is 0. The summed E-state index contributed by atoms with van der Waals surface area (Å²) in [6.07, 6.45) is 0. The molecule has 1 aliphatic heterocycles. The second-order valence-electron chi connectivity index (χ2n) is 6.95. The molecule has 0 bridgehead atoms. The smallest absolute Gasteiger partial charge is 0.259 e. The average molecular weight is 432 g/mol. The number of hydrogen-bond acceptors (Lipinski definition) is 5. The zero-order chi connectivity index (χ0) is 20.1. The van der Waals surface area contributed by atoms with E-state index in [2.05, 4.69) is 0 Å². The molecule has 1 aliphatic rings. The van der Waals surface area contributed by atoms with Crippen LogP contribution in [0.15, 0.2) is 42.5 Å². The molecule has 2 aromatic carbocycles. The molecular weight excluding hydrogens is 413 g/mol. The van der Waals surface area contributed by atoms with E-state index in [-0.39, 0.29) is 11.6 Å². The standard InChI is InChI=1S/C21H18FNO2S3/c1-4-25-13-10-8-12(9-11-13)19(24)23-17-14(6-5-7-15(17)22)16-18(21(23,2)3)27-28-20(16)26/h5-11H,4H2,1-3H3. The minimum atomic E-state index is -0.724. The molecule has 0 unspecified atom stereocenters. The fraction of sp³-hybridized carbons (Fsp3) is 0.238. The molecule has 0 spiro atoms. The Morgan fingerprint density at radius 3 is 2.57 bits per heavy atom. The van der Waals surface area contributed by atoms with Crippen molar-refractivity contribution in [2.75, 3.05) is 11.5 Å². The Morgan fingerprint density at radius 1 is 1.18 bits per heavy atom. The number of benzene rings is 2. The summed E-state index contributed by atoms with van der Waals surface area (Å²) in [7, 11) is 3.04. The van der Waals surface area contributed by atoms with Gasteiger partial charge in [-0.05, 0) is 51.1 Å². The number of amides is 1. The molecule has 0 saturated heterocycles. The SMILES string of the molecule is CCOc1ccc(C(=O)N2c3c(F)cccc3-c3c(ssc3=S)C2(C)C)cc1. The summed E-state index contributed by atoms with van der Waals surface area (Å²) in [5.74, 6) is 0.0112. The zero-order valence-corrected chi connectivity index (χ0v) is 18.1. The van der Waals surface area contributed by atoms with E-state index in [4.69, 9.17) is 17.0 Å². The summed E-state index contributed by atoms with van der Waals surface area (Å²) < 4.78 is 21.2. The van der Waals surface area contributed by atoms with Gasteiger partial charge in [-0.15, -0.1) is 0 Å². The number of ether oxygens (including phenoxy) is 1. The second kappa shape index (κ2) is 7.06. The Kier molecular flexibility index (Phi) is 4.85. The van der Waals surface area contributed by atoms with Gasteiger partial charge in [0.25, 0.3) is 5.91 Å². The van der Waals surface area contributed by atoms with Gasteiger partial charge in [0.1, 0.15) is 15.4 Å². The van der Waals surface area contributed by atoms with Crippen LogP contribution in [0.2, 0.25) is 0 Å². The molecule has 0 aliphatic carbocycles. The fourth-order valence-electron chi connectivity index (χ4n) is 3.57. The molecule has 1 amide bonds. The van der Waals surface area contributed by atoms with Crippen molar-refractivity contribution < 1.29 is 13.9 Å². The van der Waals surface area contributed by atoms with Crippen LogP contribution in [0.25, 0.3) is 11.1 Å². The Bertz CT molecular complexity index is 1120. The Labute approximate surface area is 175 Å². The lowest BCUT2D eigenvalue weighted by molar-refractivity contribution is 0.0960. The highest BCUT2D eigenvalue weighted by Crippen LogP contribution is 2.53. The molecule has 144 valence electrons. The minimum Gasteiger partial charge on any atom is -0.494 e. The topological polar surface area (TPSA) is 29.5 Å². The first-order chi connectivity index (χ1) is 13.4. The second-order valence-corrected chi connectivity index (χ2v) is 9.77. The maximum absolute atomic E-state index is 15.0. The van der Waals surface area contributed by atoms with Crippen molar-refractivity contribution in [1.82, 2.24) is 0 Å². The van der Waals surface area contributed by atoms with Gasteiger partial charge in [0, 0.05) is 16.7 Å². The van der Waals surface area contributed by atoms with Crippen molar-refractivity contribution in [2.45, 2.75) is 26.3 Å². The van der Waals surface area contributed by atoms with Gasteiger partial charge >= 0.3 is 0 Å². The van der Waals surface area contributed by atoms with Gasteiger partial charge in [-0.1, -0.05) is 45.0 Å². The van der Waals surface area contributed by atoms with E-state index in [1.54, 1.807) is 45.6 Å².